The molecule has 1 atom stereocenters. The maximum Gasteiger partial charge on any atom is 0.151 e. The van der Waals surface area contributed by atoms with Crippen molar-refractivity contribution in [2.45, 2.75) is 12.5 Å². The molecule has 1 aromatic rings. The predicted octanol–water partition coefficient (Wildman–Crippen LogP) is 0.578. The van der Waals surface area contributed by atoms with E-state index in [1.807, 2.05) is 18.2 Å². The summed E-state index contributed by atoms with van der Waals surface area (Å²) in [5.41, 5.74) is 7.76. The molecule has 0 radical (unpaired) electrons. The normalized spacial score (nSPS) is 26.8. The average molecular weight is 295 g/mol. The summed E-state index contributed by atoms with van der Waals surface area (Å²) in [6.07, 6.45) is 0.792. The summed E-state index contributed by atoms with van der Waals surface area (Å²) in [5, 5.41) is 0. The Morgan fingerprint density at radius 2 is 1.90 bits per heavy atom. The molecule has 2 saturated heterocycles. The Balaban J connectivity index is 1.60. The largest absolute Gasteiger partial charge is 0.399 e. The van der Waals surface area contributed by atoms with Crippen LogP contribution in [0.3, 0.4) is 0 Å². The van der Waals surface area contributed by atoms with Crippen LogP contribution in [0.4, 0.5) is 11.4 Å². The molecule has 2 aliphatic heterocycles. The van der Waals surface area contributed by atoms with Crippen molar-refractivity contribution in [1.82, 2.24) is 4.90 Å². The fraction of sp³-hybridized carbons (Fsp3) is 0.571. The highest BCUT2D eigenvalue weighted by atomic mass is 32.2. The first-order chi connectivity index (χ1) is 9.53. The summed E-state index contributed by atoms with van der Waals surface area (Å²) < 4.78 is 23.1. The van der Waals surface area contributed by atoms with Crippen molar-refractivity contribution < 1.29 is 8.42 Å². The molecule has 110 valence electrons. The third-order valence-corrected chi connectivity index (χ3v) is 6.02. The maximum absolute atomic E-state index is 11.6. The Bertz CT molecular complexity index is 580. The van der Waals surface area contributed by atoms with Gasteiger partial charge in [0.2, 0.25) is 0 Å². The molecule has 2 fully saturated rings. The molecule has 6 heteroatoms. The van der Waals surface area contributed by atoms with Crippen LogP contribution in [0.5, 0.6) is 0 Å². The number of hydrogen-bond donors (Lipinski definition) is 1. The van der Waals surface area contributed by atoms with Gasteiger partial charge in [0, 0.05) is 43.6 Å². The highest BCUT2D eigenvalue weighted by Crippen LogP contribution is 2.23. The zero-order valence-corrected chi connectivity index (χ0v) is 12.3. The van der Waals surface area contributed by atoms with E-state index >= 15 is 0 Å². The molecule has 0 aromatic heterocycles. The van der Waals surface area contributed by atoms with E-state index in [2.05, 4.69) is 15.9 Å². The van der Waals surface area contributed by atoms with Crippen molar-refractivity contribution >= 4 is 21.2 Å². The molecular weight excluding hydrogens is 274 g/mol. The summed E-state index contributed by atoms with van der Waals surface area (Å²) >= 11 is 0. The van der Waals surface area contributed by atoms with Gasteiger partial charge in [-0.3, -0.25) is 4.90 Å². The van der Waals surface area contributed by atoms with E-state index in [9.17, 15) is 8.42 Å². The summed E-state index contributed by atoms with van der Waals surface area (Å²) in [4.78, 5) is 4.64. The van der Waals surface area contributed by atoms with Crippen LogP contribution in [0.25, 0.3) is 0 Å². The Morgan fingerprint density at radius 1 is 1.15 bits per heavy atom. The average Bonchev–Trinajstić information content (AvgIpc) is 2.79. The van der Waals surface area contributed by atoms with Gasteiger partial charge in [-0.05, 0) is 24.6 Å². The number of rotatable bonds is 2. The summed E-state index contributed by atoms with van der Waals surface area (Å²) in [7, 11) is -2.79. The highest BCUT2D eigenvalue weighted by molar-refractivity contribution is 7.91. The summed E-state index contributed by atoms with van der Waals surface area (Å²) in [6, 6.07) is 8.16. The number of anilines is 2. The molecule has 0 amide bonds. The fourth-order valence-electron chi connectivity index (χ4n) is 3.13. The van der Waals surface area contributed by atoms with Gasteiger partial charge in [-0.25, -0.2) is 8.42 Å². The van der Waals surface area contributed by atoms with E-state index in [0.29, 0.717) is 11.5 Å². The Morgan fingerprint density at radius 3 is 2.50 bits per heavy atom. The molecule has 2 N–H and O–H groups in total. The van der Waals surface area contributed by atoms with Crippen LogP contribution in [0, 0.1) is 0 Å². The van der Waals surface area contributed by atoms with Crippen molar-refractivity contribution in [3.05, 3.63) is 24.3 Å². The van der Waals surface area contributed by atoms with E-state index in [0.717, 1.165) is 44.0 Å². The molecule has 1 aromatic carbocycles. The molecule has 20 heavy (non-hydrogen) atoms. The van der Waals surface area contributed by atoms with E-state index in [1.54, 1.807) is 0 Å². The van der Waals surface area contributed by atoms with Gasteiger partial charge in [0.05, 0.1) is 11.5 Å². The van der Waals surface area contributed by atoms with Gasteiger partial charge in [0.25, 0.3) is 0 Å². The second-order valence-electron chi connectivity index (χ2n) is 5.67. The van der Waals surface area contributed by atoms with Crippen molar-refractivity contribution in [2.24, 2.45) is 0 Å². The van der Waals surface area contributed by atoms with E-state index in [4.69, 9.17) is 5.73 Å². The zero-order chi connectivity index (χ0) is 14.2. The van der Waals surface area contributed by atoms with Gasteiger partial charge in [-0.2, -0.15) is 0 Å². The minimum Gasteiger partial charge on any atom is -0.399 e. The van der Waals surface area contributed by atoms with E-state index in [1.165, 1.54) is 0 Å². The lowest BCUT2D eigenvalue weighted by atomic mass is 10.1. The minimum absolute atomic E-state index is 0.225. The molecule has 2 aliphatic rings. The first-order valence-electron chi connectivity index (χ1n) is 7.08. The number of hydrogen-bond acceptors (Lipinski definition) is 5. The van der Waals surface area contributed by atoms with Crippen LogP contribution in [-0.2, 0) is 9.84 Å². The SMILES string of the molecule is Nc1cccc(N2CCN(C3CCS(=O)(=O)C3)CC2)c1. The molecule has 0 aliphatic carbocycles. The topological polar surface area (TPSA) is 66.6 Å². The Hall–Kier alpha value is -1.27. The summed E-state index contributed by atoms with van der Waals surface area (Å²) in [5.74, 6) is 0.693. The Kier molecular flexibility index (Phi) is 3.60. The molecule has 5 nitrogen and oxygen atoms in total. The van der Waals surface area contributed by atoms with Crippen molar-refractivity contribution in [3.8, 4) is 0 Å². The van der Waals surface area contributed by atoms with Crippen LogP contribution < -0.4 is 10.6 Å². The number of nitrogens with zero attached hydrogens (tertiary/aromatic N) is 2. The summed E-state index contributed by atoms with van der Waals surface area (Å²) in [6.45, 7) is 3.71. The lowest BCUT2D eigenvalue weighted by molar-refractivity contribution is 0.200. The first kappa shape index (κ1) is 13.7. The van der Waals surface area contributed by atoms with Gasteiger partial charge < -0.3 is 10.6 Å². The third-order valence-electron chi connectivity index (χ3n) is 4.27. The molecule has 1 unspecified atom stereocenters. The van der Waals surface area contributed by atoms with Crippen LogP contribution in [0.1, 0.15) is 6.42 Å². The second-order valence-corrected chi connectivity index (χ2v) is 7.90. The quantitative estimate of drug-likeness (QED) is 0.808. The first-order valence-corrected chi connectivity index (χ1v) is 8.91. The Labute approximate surface area is 120 Å². The zero-order valence-electron chi connectivity index (χ0n) is 11.5. The van der Waals surface area contributed by atoms with Crippen molar-refractivity contribution in [2.75, 3.05) is 48.3 Å². The van der Waals surface area contributed by atoms with Crippen LogP contribution >= 0.6 is 0 Å². The molecule has 0 spiro atoms. The lowest BCUT2D eigenvalue weighted by Crippen LogP contribution is -2.50. The van der Waals surface area contributed by atoms with E-state index in [-0.39, 0.29) is 6.04 Å². The van der Waals surface area contributed by atoms with Crippen molar-refractivity contribution in [3.63, 3.8) is 0 Å². The smallest absolute Gasteiger partial charge is 0.151 e. The molecular formula is C14H21N3O2S. The minimum atomic E-state index is -2.79. The highest BCUT2D eigenvalue weighted by Gasteiger charge is 2.33. The standard InChI is InChI=1S/C14H21N3O2S/c15-12-2-1-3-13(10-12)16-5-7-17(8-6-16)14-4-9-20(18,19)11-14/h1-3,10,14H,4-9,11,15H2. The monoisotopic (exact) mass is 295 g/mol. The third kappa shape index (κ3) is 2.91. The van der Waals surface area contributed by atoms with Gasteiger partial charge in [-0.1, -0.05) is 6.07 Å². The van der Waals surface area contributed by atoms with Gasteiger partial charge in [0.1, 0.15) is 0 Å². The van der Waals surface area contributed by atoms with Gasteiger partial charge in [0.15, 0.2) is 9.84 Å². The fourth-order valence-corrected chi connectivity index (χ4v) is 4.89. The van der Waals surface area contributed by atoms with Gasteiger partial charge in [-0.15, -0.1) is 0 Å². The molecule has 2 heterocycles. The van der Waals surface area contributed by atoms with Crippen molar-refractivity contribution in [1.29, 1.82) is 0 Å². The molecule has 3 rings (SSSR count). The molecule has 0 bridgehead atoms. The number of nitrogen functional groups attached to an aromatic ring is 1. The number of piperazine rings is 1. The van der Waals surface area contributed by atoms with Gasteiger partial charge >= 0.3 is 0 Å². The van der Waals surface area contributed by atoms with Crippen LogP contribution in [0.15, 0.2) is 24.3 Å². The number of nitrogens with two attached hydrogens (primary N) is 1. The second kappa shape index (κ2) is 5.26. The number of benzene rings is 1. The molecule has 0 saturated carbocycles. The van der Waals surface area contributed by atoms with E-state index < -0.39 is 9.84 Å². The number of sulfone groups is 1. The maximum atomic E-state index is 11.6. The lowest BCUT2D eigenvalue weighted by Gasteiger charge is -2.38. The predicted molar refractivity (Wildman–Crippen MR) is 81.7 cm³/mol. The van der Waals surface area contributed by atoms with Crippen LogP contribution in [0.2, 0.25) is 0 Å². The van der Waals surface area contributed by atoms with Crippen LogP contribution in [-0.4, -0.2) is 57.0 Å².